The van der Waals surface area contributed by atoms with Gasteiger partial charge in [0.1, 0.15) is 0 Å². The van der Waals surface area contributed by atoms with Crippen molar-refractivity contribution in [1.29, 1.82) is 0 Å². The molecular formula is C11H21NO. The van der Waals surface area contributed by atoms with Crippen LogP contribution < -0.4 is 5.32 Å². The van der Waals surface area contributed by atoms with Gasteiger partial charge >= 0.3 is 0 Å². The zero-order valence-corrected chi connectivity index (χ0v) is 9.18. The molecule has 2 nitrogen and oxygen atoms in total. The normalized spacial score (nSPS) is 12.2. The molecule has 0 saturated carbocycles. The Labute approximate surface area is 81.4 Å². The van der Waals surface area contributed by atoms with E-state index in [0.717, 1.165) is 25.0 Å². The lowest BCUT2D eigenvalue weighted by Crippen LogP contribution is -2.08. The summed E-state index contributed by atoms with van der Waals surface area (Å²) in [5.74, 6) is 0.773. The molecule has 0 aromatic carbocycles. The highest BCUT2D eigenvalue weighted by molar-refractivity contribution is 5.93. The molecule has 13 heavy (non-hydrogen) atoms. The molecule has 0 saturated heterocycles. The van der Waals surface area contributed by atoms with E-state index >= 15 is 0 Å². The Kier molecular flexibility index (Phi) is 6.51. The summed E-state index contributed by atoms with van der Waals surface area (Å²) in [6.45, 7) is 6.85. The van der Waals surface area contributed by atoms with Crippen molar-refractivity contribution in [3.05, 3.63) is 11.6 Å². The van der Waals surface area contributed by atoms with Crippen molar-refractivity contribution in [2.75, 3.05) is 13.6 Å². The van der Waals surface area contributed by atoms with E-state index in [1.54, 1.807) is 6.92 Å². The van der Waals surface area contributed by atoms with Gasteiger partial charge in [0.15, 0.2) is 5.78 Å². The molecule has 0 heterocycles. The summed E-state index contributed by atoms with van der Waals surface area (Å²) < 4.78 is 0. The van der Waals surface area contributed by atoms with Crippen molar-refractivity contribution in [1.82, 2.24) is 5.32 Å². The number of nitrogens with one attached hydrogen (secondary N) is 1. The molecule has 0 spiro atoms. The zero-order valence-electron chi connectivity index (χ0n) is 9.18. The van der Waals surface area contributed by atoms with Gasteiger partial charge in [-0.05, 0) is 44.8 Å². The van der Waals surface area contributed by atoms with Crippen LogP contribution in [0, 0.1) is 5.92 Å². The number of hydrogen-bond donors (Lipinski definition) is 1. The van der Waals surface area contributed by atoms with E-state index in [9.17, 15) is 4.79 Å². The Morgan fingerprint density at radius 1 is 1.46 bits per heavy atom. The van der Waals surface area contributed by atoms with E-state index in [2.05, 4.69) is 25.2 Å². The highest BCUT2D eigenvalue weighted by atomic mass is 16.1. The van der Waals surface area contributed by atoms with Crippen LogP contribution in [0.3, 0.4) is 0 Å². The van der Waals surface area contributed by atoms with Crippen molar-refractivity contribution in [2.45, 2.75) is 33.6 Å². The van der Waals surface area contributed by atoms with Gasteiger partial charge in [-0.3, -0.25) is 4.79 Å². The quantitative estimate of drug-likeness (QED) is 0.505. The van der Waals surface area contributed by atoms with Crippen LogP contribution in [0.1, 0.15) is 33.6 Å². The topological polar surface area (TPSA) is 29.1 Å². The van der Waals surface area contributed by atoms with E-state index in [0.29, 0.717) is 5.92 Å². The summed E-state index contributed by atoms with van der Waals surface area (Å²) in [4.78, 5) is 11.2. The summed E-state index contributed by atoms with van der Waals surface area (Å²) >= 11 is 0. The maximum absolute atomic E-state index is 11.2. The highest BCUT2D eigenvalue weighted by Crippen LogP contribution is 2.12. The fourth-order valence-corrected chi connectivity index (χ4v) is 1.20. The third-order valence-corrected chi connectivity index (χ3v) is 1.87. The fraction of sp³-hybridized carbons (Fsp3) is 0.727. The molecule has 1 N–H and O–H groups in total. The first-order valence-corrected chi connectivity index (χ1v) is 4.92. The second kappa shape index (κ2) is 6.84. The van der Waals surface area contributed by atoms with Gasteiger partial charge in [0.2, 0.25) is 0 Å². The van der Waals surface area contributed by atoms with Crippen LogP contribution in [0.15, 0.2) is 11.6 Å². The SMILES string of the molecule is CNCC/C=C(/CC(C)C)C(C)=O. The lowest BCUT2D eigenvalue weighted by atomic mass is 9.99. The van der Waals surface area contributed by atoms with Gasteiger partial charge in [-0.15, -0.1) is 0 Å². The summed E-state index contributed by atoms with van der Waals surface area (Å²) in [5.41, 5.74) is 0.977. The van der Waals surface area contributed by atoms with E-state index in [1.165, 1.54) is 0 Å². The lowest BCUT2D eigenvalue weighted by molar-refractivity contribution is -0.113. The smallest absolute Gasteiger partial charge is 0.155 e. The first-order valence-electron chi connectivity index (χ1n) is 4.92. The highest BCUT2D eigenvalue weighted by Gasteiger charge is 2.05. The fourth-order valence-electron chi connectivity index (χ4n) is 1.20. The van der Waals surface area contributed by atoms with Gasteiger partial charge < -0.3 is 5.32 Å². The largest absolute Gasteiger partial charge is 0.319 e. The third-order valence-electron chi connectivity index (χ3n) is 1.87. The van der Waals surface area contributed by atoms with Gasteiger partial charge in [-0.1, -0.05) is 19.9 Å². The molecule has 0 aromatic heterocycles. The minimum Gasteiger partial charge on any atom is -0.319 e. The van der Waals surface area contributed by atoms with Crippen LogP contribution in [-0.4, -0.2) is 19.4 Å². The summed E-state index contributed by atoms with van der Waals surface area (Å²) in [6.07, 6.45) is 3.90. The number of ketones is 1. The average Bonchev–Trinajstić information content (AvgIpc) is 2.02. The van der Waals surface area contributed by atoms with E-state index in [-0.39, 0.29) is 5.78 Å². The molecule has 0 aliphatic carbocycles. The average molecular weight is 183 g/mol. The first kappa shape index (κ1) is 12.4. The van der Waals surface area contributed by atoms with E-state index < -0.39 is 0 Å². The number of allylic oxidation sites excluding steroid dienone is 1. The molecule has 0 amide bonds. The molecular weight excluding hydrogens is 162 g/mol. The molecule has 0 unspecified atom stereocenters. The second-order valence-corrected chi connectivity index (χ2v) is 3.78. The van der Waals surface area contributed by atoms with Crippen molar-refractivity contribution >= 4 is 5.78 Å². The number of hydrogen-bond acceptors (Lipinski definition) is 2. The van der Waals surface area contributed by atoms with E-state index in [1.807, 2.05) is 7.05 Å². The predicted octanol–water partition coefficient (Wildman–Crippen LogP) is 2.16. The molecule has 0 bridgehead atoms. The number of Topliss-reactive ketones (excluding diaryl/α,β-unsaturated/α-hetero) is 1. The predicted molar refractivity (Wildman–Crippen MR) is 56.8 cm³/mol. The van der Waals surface area contributed by atoms with Crippen LogP contribution in [-0.2, 0) is 4.79 Å². The van der Waals surface area contributed by atoms with Crippen molar-refractivity contribution in [2.24, 2.45) is 5.92 Å². The molecule has 0 aromatic rings. The number of carbonyl (C=O) groups is 1. The molecule has 0 rings (SSSR count). The van der Waals surface area contributed by atoms with Crippen LogP contribution in [0.25, 0.3) is 0 Å². The van der Waals surface area contributed by atoms with Crippen LogP contribution in [0.2, 0.25) is 0 Å². The molecule has 0 radical (unpaired) electrons. The monoisotopic (exact) mass is 183 g/mol. The maximum atomic E-state index is 11.2. The van der Waals surface area contributed by atoms with Gasteiger partial charge in [-0.2, -0.15) is 0 Å². The van der Waals surface area contributed by atoms with Gasteiger partial charge in [0.25, 0.3) is 0 Å². The Hall–Kier alpha value is -0.630. The third kappa shape index (κ3) is 6.52. The minimum atomic E-state index is 0.213. The number of rotatable bonds is 6. The standard InChI is InChI=1S/C11H21NO/c1-9(2)8-11(10(3)13)6-5-7-12-4/h6,9,12H,5,7-8H2,1-4H3/b11-6-. The van der Waals surface area contributed by atoms with Crippen molar-refractivity contribution in [3.63, 3.8) is 0 Å². The van der Waals surface area contributed by atoms with Crippen LogP contribution >= 0.6 is 0 Å². The molecule has 2 heteroatoms. The molecule has 0 aliphatic rings. The Morgan fingerprint density at radius 3 is 2.46 bits per heavy atom. The Bertz CT molecular complexity index is 183. The van der Waals surface area contributed by atoms with Gasteiger partial charge in [0.05, 0.1) is 0 Å². The summed E-state index contributed by atoms with van der Waals surface area (Å²) in [6, 6.07) is 0. The van der Waals surface area contributed by atoms with Crippen LogP contribution in [0.5, 0.6) is 0 Å². The zero-order chi connectivity index (χ0) is 10.3. The molecule has 0 atom stereocenters. The number of carbonyl (C=O) groups excluding carboxylic acids is 1. The first-order chi connectivity index (χ1) is 6.07. The van der Waals surface area contributed by atoms with Gasteiger partial charge in [-0.25, -0.2) is 0 Å². The Balaban J connectivity index is 4.07. The lowest BCUT2D eigenvalue weighted by Gasteiger charge is -2.06. The molecule has 0 fully saturated rings. The van der Waals surface area contributed by atoms with E-state index in [4.69, 9.17) is 0 Å². The molecule has 0 aliphatic heterocycles. The molecule has 76 valence electrons. The van der Waals surface area contributed by atoms with Gasteiger partial charge in [0, 0.05) is 0 Å². The summed E-state index contributed by atoms with van der Waals surface area (Å²) in [7, 11) is 1.92. The van der Waals surface area contributed by atoms with Crippen LogP contribution in [0.4, 0.5) is 0 Å². The minimum absolute atomic E-state index is 0.213. The maximum Gasteiger partial charge on any atom is 0.155 e. The Morgan fingerprint density at radius 2 is 2.08 bits per heavy atom. The van der Waals surface area contributed by atoms with Crippen molar-refractivity contribution in [3.8, 4) is 0 Å². The second-order valence-electron chi connectivity index (χ2n) is 3.78. The summed E-state index contributed by atoms with van der Waals surface area (Å²) in [5, 5.41) is 3.06. The van der Waals surface area contributed by atoms with Crippen molar-refractivity contribution < 1.29 is 4.79 Å².